The van der Waals surface area contributed by atoms with Gasteiger partial charge in [-0.25, -0.2) is 4.79 Å². The van der Waals surface area contributed by atoms with Crippen LogP contribution in [0, 0.1) is 0 Å². The van der Waals surface area contributed by atoms with Crippen LogP contribution in [-0.4, -0.2) is 22.2 Å². The second-order valence-electron chi connectivity index (χ2n) is 2.09. The Bertz CT molecular complexity index is 116. The zero-order valence-corrected chi connectivity index (χ0v) is 6.83. The molecule has 0 aliphatic carbocycles. The second kappa shape index (κ2) is 8.94. The van der Waals surface area contributed by atoms with Crippen molar-refractivity contribution < 1.29 is 19.8 Å². The third-order valence-electron chi connectivity index (χ3n) is 0.882. The minimum Gasteiger partial charge on any atom is -0.450 e. The normalized spacial score (nSPS) is 7.82. The van der Waals surface area contributed by atoms with E-state index in [2.05, 4.69) is 6.92 Å². The Balaban J connectivity index is 0. The maximum absolute atomic E-state index is 10.2. The first-order valence-corrected chi connectivity index (χ1v) is 3.42. The van der Waals surface area contributed by atoms with Crippen LogP contribution in [-0.2, 0) is 4.79 Å². The van der Waals surface area contributed by atoms with Crippen LogP contribution >= 0.6 is 0 Å². The fourth-order valence-electron chi connectivity index (χ4n) is 0.426. The Morgan fingerprint density at radius 3 is 1.73 bits per heavy atom. The van der Waals surface area contributed by atoms with Crippen molar-refractivity contribution in [1.29, 1.82) is 0 Å². The van der Waals surface area contributed by atoms with E-state index in [0.29, 0.717) is 5.78 Å². The van der Waals surface area contributed by atoms with Gasteiger partial charge in [-0.2, -0.15) is 0 Å². The first-order valence-electron chi connectivity index (χ1n) is 3.42. The summed E-state index contributed by atoms with van der Waals surface area (Å²) in [6, 6.07) is 0. The van der Waals surface area contributed by atoms with Gasteiger partial charge < -0.3 is 15.0 Å². The summed E-state index contributed by atoms with van der Waals surface area (Å²) in [5.74, 6) is 0.307. The summed E-state index contributed by atoms with van der Waals surface area (Å²) in [5, 5.41) is 13.9. The van der Waals surface area contributed by atoms with Crippen LogP contribution in [0.5, 0.6) is 0 Å². The van der Waals surface area contributed by atoms with Gasteiger partial charge in [0, 0.05) is 6.42 Å². The molecule has 0 aliphatic heterocycles. The minimum absolute atomic E-state index is 0.307. The Morgan fingerprint density at radius 2 is 1.64 bits per heavy atom. The topological polar surface area (TPSA) is 74.6 Å². The molecule has 0 spiro atoms. The van der Waals surface area contributed by atoms with Gasteiger partial charge in [0.1, 0.15) is 5.78 Å². The lowest BCUT2D eigenvalue weighted by Gasteiger charge is -1.86. The minimum atomic E-state index is -1.83. The second-order valence-corrected chi connectivity index (χ2v) is 2.09. The van der Waals surface area contributed by atoms with E-state index >= 15 is 0 Å². The third kappa shape index (κ3) is 49.8. The predicted octanol–water partition coefficient (Wildman–Crippen LogP) is 1.99. The lowest BCUT2D eigenvalue weighted by atomic mass is 10.2. The molecule has 0 aromatic heterocycles. The van der Waals surface area contributed by atoms with Crippen LogP contribution in [0.3, 0.4) is 0 Å². The molecule has 0 saturated heterocycles. The quantitative estimate of drug-likeness (QED) is 0.665. The molecular weight excluding hydrogens is 148 g/mol. The molecule has 0 radical (unpaired) electrons. The molecular formula is C7H14O4. The number of carboxylic acid groups (broad SMARTS) is 2. The summed E-state index contributed by atoms with van der Waals surface area (Å²) in [4.78, 5) is 18.8. The average Bonchev–Trinajstić information content (AvgIpc) is 1.82. The lowest BCUT2D eigenvalue weighted by Crippen LogP contribution is -1.86. The van der Waals surface area contributed by atoms with E-state index in [1.165, 1.54) is 0 Å². The Kier molecular flexibility index (Phi) is 10.2. The number of rotatable bonds is 3. The first-order chi connectivity index (χ1) is 5.00. The van der Waals surface area contributed by atoms with Crippen LogP contribution < -0.4 is 0 Å². The van der Waals surface area contributed by atoms with Gasteiger partial charge in [-0.1, -0.05) is 13.3 Å². The zero-order chi connectivity index (χ0) is 9.28. The van der Waals surface area contributed by atoms with Crippen molar-refractivity contribution in [3.8, 4) is 0 Å². The maximum Gasteiger partial charge on any atom is 0.503 e. The first kappa shape index (κ1) is 12.6. The summed E-state index contributed by atoms with van der Waals surface area (Å²) in [6.45, 7) is 3.72. The van der Waals surface area contributed by atoms with E-state index in [1.54, 1.807) is 6.92 Å². The molecule has 66 valence electrons. The van der Waals surface area contributed by atoms with Gasteiger partial charge in [-0.15, -0.1) is 0 Å². The SMILES string of the molecule is CCCCC(C)=O.O=C(O)O. The van der Waals surface area contributed by atoms with E-state index in [0.717, 1.165) is 19.3 Å². The largest absolute Gasteiger partial charge is 0.503 e. The smallest absolute Gasteiger partial charge is 0.450 e. The van der Waals surface area contributed by atoms with Gasteiger partial charge in [0.05, 0.1) is 0 Å². The number of unbranched alkanes of at least 4 members (excludes halogenated alkanes) is 1. The van der Waals surface area contributed by atoms with Crippen molar-refractivity contribution in [3.05, 3.63) is 0 Å². The molecule has 11 heavy (non-hydrogen) atoms. The summed E-state index contributed by atoms with van der Waals surface area (Å²) in [7, 11) is 0. The van der Waals surface area contributed by atoms with Crippen molar-refractivity contribution in [2.45, 2.75) is 33.1 Å². The van der Waals surface area contributed by atoms with Gasteiger partial charge >= 0.3 is 6.16 Å². The van der Waals surface area contributed by atoms with Gasteiger partial charge in [0.2, 0.25) is 0 Å². The monoisotopic (exact) mass is 162 g/mol. The molecule has 0 fully saturated rings. The Morgan fingerprint density at radius 1 is 1.27 bits per heavy atom. The standard InChI is InChI=1S/C6H12O.CH2O3/c1-3-4-5-6(2)7;2-1(3)4/h3-5H2,1-2H3;(H2,2,3,4). The number of carbonyl (C=O) groups is 2. The van der Waals surface area contributed by atoms with Crippen molar-refractivity contribution in [3.63, 3.8) is 0 Å². The number of ketones is 1. The maximum atomic E-state index is 10.2. The van der Waals surface area contributed by atoms with E-state index in [1.807, 2.05) is 0 Å². The zero-order valence-electron chi connectivity index (χ0n) is 6.83. The highest BCUT2D eigenvalue weighted by atomic mass is 16.6. The van der Waals surface area contributed by atoms with Crippen molar-refractivity contribution >= 4 is 11.9 Å². The fourth-order valence-corrected chi connectivity index (χ4v) is 0.426. The highest BCUT2D eigenvalue weighted by Crippen LogP contribution is 1.92. The molecule has 0 heterocycles. The molecule has 0 unspecified atom stereocenters. The van der Waals surface area contributed by atoms with Gasteiger partial charge in [0.15, 0.2) is 0 Å². The molecule has 0 atom stereocenters. The third-order valence-corrected chi connectivity index (χ3v) is 0.882. The lowest BCUT2D eigenvalue weighted by molar-refractivity contribution is -0.117. The summed E-state index contributed by atoms with van der Waals surface area (Å²) >= 11 is 0. The van der Waals surface area contributed by atoms with Crippen LogP contribution in [0.2, 0.25) is 0 Å². The molecule has 0 saturated carbocycles. The van der Waals surface area contributed by atoms with E-state index < -0.39 is 6.16 Å². The average molecular weight is 162 g/mol. The number of hydrogen-bond acceptors (Lipinski definition) is 2. The van der Waals surface area contributed by atoms with Crippen molar-refractivity contribution in [2.75, 3.05) is 0 Å². The number of carbonyl (C=O) groups excluding carboxylic acids is 1. The van der Waals surface area contributed by atoms with Gasteiger partial charge in [-0.05, 0) is 13.3 Å². The summed E-state index contributed by atoms with van der Waals surface area (Å²) in [6.07, 6.45) is 1.10. The molecule has 0 aromatic carbocycles. The highest BCUT2D eigenvalue weighted by molar-refractivity contribution is 5.75. The Hall–Kier alpha value is -1.06. The predicted molar refractivity (Wildman–Crippen MR) is 40.9 cm³/mol. The summed E-state index contributed by atoms with van der Waals surface area (Å²) in [5.41, 5.74) is 0. The fraction of sp³-hybridized carbons (Fsp3) is 0.714. The van der Waals surface area contributed by atoms with Crippen LogP contribution in [0.1, 0.15) is 33.1 Å². The Labute approximate surface area is 65.8 Å². The molecule has 0 aromatic rings. The van der Waals surface area contributed by atoms with Crippen molar-refractivity contribution in [2.24, 2.45) is 0 Å². The van der Waals surface area contributed by atoms with Crippen LogP contribution in [0.4, 0.5) is 4.79 Å². The molecule has 0 rings (SSSR count). The summed E-state index contributed by atoms with van der Waals surface area (Å²) < 4.78 is 0. The van der Waals surface area contributed by atoms with Crippen LogP contribution in [0.15, 0.2) is 0 Å². The number of hydrogen-bond donors (Lipinski definition) is 2. The van der Waals surface area contributed by atoms with E-state index in [9.17, 15) is 4.79 Å². The molecule has 0 aliphatic rings. The van der Waals surface area contributed by atoms with Crippen molar-refractivity contribution in [1.82, 2.24) is 0 Å². The molecule has 0 bridgehead atoms. The molecule has 4 nitrogen and oxygen atoms in total. The molecule has 0 amide bonds. The molecule has 2 N–H and O–H groups in total. The van der Waals surface area contributed by atoms with Crippen LogP contribution in [0.25, 0.3) is 0 Å². The van der Waals surface area contributed by atoms with Gasteiger partial charge in [-0.3, -0.25) is 0 Å². The van der Waals surface area contributed by atoms with E-state index in [-0.39, 0.29) is 0 Å². The van der Waals surface area contributed by atoms with E-state index in [4.69, 9.17) is 15.0 Å². The highest BCUT2D eigenvalue weighted by Gasteiger charge is 1.87. The molecule has 4 heteroatoms. The number of Topliss-reactive ketones (excluding diaryl/α,β-unsaturated/α-hetero) is 1. The van der Waals surface area contributed by atoms with Gasteiger partial charge in [0.25, 0.3) is 0 Å².